The van der Waals surface area contributed by atoms with E-state index in [2.05, 4.69) is 19.2 Å². The number of hydrogen-bond donors (Lipinski definition) is 1. The molecule has 0 aromatic carbocycles. The van der Waals surface area contributed by atoms with Gasteiger partial charge in [-0.05, 0) is 58.3 Å². The van der Waals surface area contributed by atoms with Crippen LogP contribution in [-0.4, -0.2) is 24.2 Å². The van der Waals surface area contributed by atoms with Crippen molar-refractivity contribution in [1.82, 2.24) is 5.32 Å². The molecule has 0 heterocycles. The van der Waals surface area contributed by atoms with Gasteiger partial charge in [0.1, 0.15) is 5.54 Å². The zero-order valence-corrected chi connectivity index (χ0v) is 12.0. The molecule has 2 aliphatic carbocycles. The Balaban J connectivity index is 2.09. The molecule has 0 amide bonds. The summed E-state index contributed by atoms with van der Waals surface area (Å²) in [5.74, 6) is 1.59. The maximum Gasteiger partial charge on any atom is 0.326 e. The Morgan fingerprint density at radius 2 is 2.06 bits per heavy atom. The maximum atomic E-state index is 12.4. The lowest BCUT2D eigenvalue weighted by molar-refractivity contribution is -0.154. The first-order valence-electron chi connectivity index (χ1n) is 7.52. The largest absolute Gasteiger partial charge is 0.465 e. The first-order chi connectivity index (χ1) is 8.57. The van der Waals surface area contributed by atoms with Crippen LogP contribution < -0.4 is 5.32 Å². The first kappa shape index (κ1) is 13.9. The van der Waals surface area contributed by atoms with E-state index in [0.717, 1.165) is 31.1 Å². The van der Waals surface area contributed by atoms with E-state index in [1.807, 2.05) is 6.92 Å². The van der Waals surface area contributed by atoms with Crippen molar-refractivity contribution < 1.29 is 9.53 Å². The molecule has 2 rings (SSSR count). The van der Waals surface area contributed by atoms with Crippen molar-refractivity contribution in [3.8, 4) is 0 Å². The lowest BCUT2D eigenvalue weighted by Crippen LogP contribution is -2.58. The van der Waals surface area contributed by atoms with Crippen LogP contribution in [-0.2, 0) is 9.53 Å². The molecule has 0 spiro atoms. The van der Waals surface area contributed by atoms with Gasteiger partial charge in [0.25, 0.3) is 0 Å². The predicted octanol–water partition coefficient (Wildman–Crippen LogP) is 2.89. The summed E-state index contributed by atoms with van der Waals surface area (Å²) >= 11 is 0. The Labute approximate surface area is 111 Å². The molecule has 2 atom stereocenters. The van der Waals surface area contributed by atoms with Crippen molar-refractivity contribution >= 4 is 5.97 Å². The highest BCUT2D eigenvalue weighted by Gasteiger charge is 2.47. The standard InChI is InChI=1S/C15H27NO2/c1-4-18-14(17)15(16-11(2)3)9-5-6-13(10-15)12-7-8-12/h11-13,16H,4-10H2,1-3H3. The SMILES string of the molecule is CCOC(=O)C1(NC(C)C)CCCC(C2CC2)C1. The van der Waals surface area contributed by atoms with Crippen LogP contribution >= 0.6 is 0 Å². The average Bonchev–Trinajstić information content (AvgIpc) is 3.12. The molecule has 2 fully saturated rings. The molecule has 2 unspecified atom stereocenters. The van der Waals surface area contributed by atoms with Crippen LogP contribution in [0.25, 0.3) is 0 Å². The van der Waals surface area contributed by atoms with Crippen LogP contribution in [0.2, 0.25) is 0 Å². The number of esters is 1. The van der Waals surface area contributed by atoms with Gasteiger partial charge in [0.05, 0.1) is 6.61 Å². The molecule has 0 radical (unpaired) electrons. The summed E-state index contributed by atoms with van der Waals surface area (Å²) in [5, 5.41) is 3.52. The molecule has 0 saturated heterocycles. The summed E-state index contributed by atoms with van der Waals surface area (Å²) in [5.41, 5.74) is -0.407. The van der Waals surface area contributed by atoms with Crippen molar-refractivity contribution in [2.45, 2.75) is 70.9 Å². The molecule has 0 bridgehead atoms. The molecule has 0 aromatic heterocycles. The Kier molecular flexibility index (Phi) is 4.31. The lowest BCUT2D eigenvalue weighted by Gasteiger charge is -2.41. The number of carbonyl (C=O) groups is 1. The minimum Gasteiger partial charge on any atom is -0.465 e. The summed E-state index contributed by atoms with van der Waals surface area (Å²) in [6.07, 6.45) is 7.10. The van der Waals surface area contributed by atoms with Gasteiger partial charge in [-0.15, -0.1) is 0 Å². The molecule has 18 heavy (non-hydrogen) atoms. The van der Waals surface area contributed by atoms with Crippen molar-refractivity contribution in [3.63, 3.8) is 0 Å². The molecule has 0 aliphatic heterocycles. The van der Waals surface area contributed by atoms with Crippen LogP contribution in [0.15, 0.2) is 0 Å². The highest BCUT2D eigenvalue weighted by atomic mass is 16.5. The van der Waals surface area contributed by atoms with E-state index in [-0.39, 0.29) is 5.97 Å². The number of nitrogens with one attached hydrogen (secondary N) is 1. The number of hydrogen-bond acceptors (Lipinski definition) is 3. The molecule has 0 aromatic rings. The summed E-state index contributed by atoms with van der Waals surface area (Å²) in [6.45, 7) is 6.60. The molecular formula is C15H27NO2. The van der Waals surface area contributed by atoms with Crippen molar-refractivity contribution in [1.29, 1.82) is 0 Å². The van der Waals surface area contributed by atoms with E-state index in [0.29, 0.717) is 12.6 Å². The molecule has 2 aliphatic rings. The van der Waals surface area contributed by atoms with E-state index in [4.69, 9.17) is 4.74 Å². The van der Waals surface area contributed by atoms with Gasteiger partial charge in [-0.1, -0.05) is 12.8 Å². The van der Waals surface area contributed by atoms with E-state index in [1.165, 1.54) is 19.3 Å². The molecule has 3 nitrogen and oxygen atoms in total. The predicted molar refractivity (Wildman–Crippen MR) is 72.3 cm³/mol. The maximum absolute atomic E-state index is 12.4. The molecular weight excluding hydrogens is 226 g/mol. The van der Waals surface area contributed by atoms with Crippen LogP contribution in [0.5, 0.6) is 0 Å². The van der Waals surface area contributed by atoms with Crippen LogP contribution in [0, 0.1) is 11.8 Å². The smallest absolute Gasteiger partial charge is 0.326 e. The minimum absolute atomic E-state index is 0.0240. The van der Waals surface area contributed by atoms with Crippen molar-refractivity contribution in [3.05, 3.63) is 0 Å². The zero-order chi connectivity index (χ0) is 13.2. The minimum atomic E-state index is -0.407. The third-order valence-corrected chi connectivity index (χ3v) is 4.31. The fraction of sp³-hybridized carbons (Fsp3) is 0.933. The normalized spacial score (nSPS) is 32.6. The van der Waals surface area contributed by atoms with E-state index in [1.54, 1.807) is 0 Å². The number of rotatable bonds is 5. The summed E-state index contributed by atoms with van der Waals surface area (Å²) in [6, 6.07) is 0.326. The third-order valence-electron chi connectivity index (χ3n) is 4.31. The number of carbonyl (C=O) groups excluding carboxylic acids is 1. The summed E-state index contributed by atoms with van der Waals surface area (Å²) in [4.78, 5) is 12.4. The van der Waals surface area contributed by atoms with Crippen molar-refractivity contribution in [2.75, 3.05) is 6.61 Å². The van der Waals surface area contributed by atoms with Gasteiger partial charge >= 0.3 is 5.97 Å². The third kappa shape index (κ3) is 3.05. The Morgan fingerprint density at radius 3 is 2.61 bits per heavy atom. The second-order valence-electron chi connectivity index (χ2n) is 6.30. The Bertz CT molecular complexity index is 299. The highest BCUT2D eigenvalue weighted by Crippen LogP contribution is 2.47. The molecule has 2 saturated carbocycles. The fourth-order valence-corrected chi connectivity index (χ4v) is 3.48. The van der Waals surface area contributed by atoms with Gasteiger partial charge in [0.2, 0.25) is 0 Å². The quantitative estimate of drug-likeness (QED) is 0.766. The van der Waals surface area contributed by atoms with Gasteiger partial charge in [-0.3, -0.25) is 10.1 Å². The second-order valence-corrected chi connectivity index (χ2v) is 6.30. The van der Waals surface area contributed by atoms with Crippen molar-refractivity contribution in [2.24, 2.45) is 11.8 Å². The molecule has 3 heteroatoms. The van der Waals surface area contributed by atoms with Gasteiger partial charge in [0.15, 0.2) is 0 Å². The summed E-state index contributed by atoms with van der Waals surface area (Å²) < 4.78 is 5.33. The van der Waals surface area contributed by atoms with Gasteiger partial charge < -0.3 is 4.74 Å². The van der Waals surface area contributed by atoms with E-state index < -0.39 is 5.54 Å². The van der Waals surface area contributed by atoms with Gasteiger partial charge in [-0.25, -0.2) is 0 Å². The summed E-state index contributed by atoms with van der Waals surface area (Å²) in [7, 11) is 0. The topological polar surface area (TPSA) is 38.3 Å². The average molecular weight is 253 g/mol. The Morgan fingerprint density at radius 1 is 1.33 bits per heavy atom. The monoisotopic (exact) mass is 253 g/mol. The zero-order valence-electron chi connectivity index (χ0n) is 12.0. The van der Waals surface area contributed by atoms with Crippen LogP contribution in [0.3, 0.4) is 0 Å². The molecule has 104 valence electrons. The van der Waals surface area contributed by atoms with Crippen LogP contribution in [0.1, 0.15) is 59.3 Å². The van der Waals surface area contributed by atoms with Crippen LogP contribution in [0.4, 0.5) is 0 Å². The van der Waals surface area contributed by atoms with E-state index in [9.17, 15) is 4.79 Å². The first-order valence-corrected chi connectivity index (χ1v) is 7.52. The lowest BCUT2D eigenvalue weighted by atomic mass is 9.73. The highest BCUT2D eigenvalue weighted by molar-refractivity contribution is 5.81. The second kappa shape index (κ2) is 5.60. The Hall–Kier alpha value is -0.570. The number of ether oxygens (including phenoxy) is 1. The van der Waals surface area contributed by atoms with Gasteiger partial charge in [-0.2, -0.15) is 0 Å². The van der Waals surface area contributed by atoms with E-state index >= 15 is 0 Å². The molecule has 1 N–H and O–H groups in total. The van der Waals surface area contributed by atoms with Gasteiger partial charge in [0, 0.05) is 6.04 Å². The fourth-order valence-electron chi connectivity index (χ4n) is 3.48.